The Morgan fingerprint density at radius 1 is 0.420 bits per heavy atom. The SMILES string of the molecule is C.CC(NC(C)(C)C)C(=O)c1cccc(Cl)c1.CC(NC(C)(C)C)C(O)c1cccc(Cl)c1.CC(NC(C)(C)C)C(O)c1cccc(Cl)c1.CC(NC(C)(C)C)C(O)c1cccc(Cl)c1.Cl.Cl.Cl.Cl. The summed E-state index contributed by atoms with van der Waals surface area (Å²) >= 11 is 23.5. The number of ketones is 1. The van der Waals surface area contributed by atoms with Crippen molar-refractivity contribution in [1.29, 1.82) is 0 Å². The molecule has 0 aliphatic carbocycles. The molecule has 0 aliphatic heterocycles. The van der Waals surface area contributed by atoms with Crippen molar-refractivity contribution in [2.45, 2.75) is 183 Å². The Labute approximate surface area is 462 Å². The molecule has 69 heavy (non-hydrogen) atoms. The van der Waals surface area contributed by atoms with Gasteiger partial charge in [0.15, 0.2) is 5.78 Å². The number of rotatable bonds is 12. The summed E-state index contributed by atoms with van der Waals surface area (Å²) in [6, 6.07) is 28.8. The number of carbonyl (C=O) groups excluding carboxylic acids is 1. The van der Waals surface area contributed by atoms with Crippen LogP contribution in [0.2, 0.25) is 20.1 Å². The first kappa shape index (κ1) is 76.5. The minimum atomic E-state index is -0.544. The smallest absolute Gasteiger partial charge is 0.179 e. The molecule has 4 aromatic rings. The van der Waals surface area contributed by atoms with Gasteiger partial charge in [-0.25, -0.2) is 0 Å². The van der Waals surface area contributed by atoms with Crippen LogP contribution in [0.4, 0.5) is 0 Å². The van der Waals surface area contributed by atoms with E-state index in [0.29, 0.717) is 25.7 Å². The van der Waals surface area contributed by atoms with Crippen LogP contribution in [0.15, 0.2) is 97.1 Å². The van der Waals surface area contributed by atoms with E-state index in [4.69, 9.17) is 46.4 Å². The van der Waals surface area contributed by atoms with Crippen LogP contribution >= 0.6 is 96.0 Å². The van der Waals surface area contributed by atoms with Gasteiger partial charge in [-0.05, 0) is 176 Å². The van der Waals surface area contributed by atoms with Crippen LogP contribution in [-0.4, -0.2) is 67.4 Å². The Morgan fingerprint density at radius 2 is 0.652 bits per heavy atom. The fourth-order valence-corrected chi connectivity index (χ4v) is 7.62. The molecule has 16 heteroatoms. The summed E-state index contributed by atoms with van der Waals surface area (Å²) in [5.41, 5.74) is 3.06. The minimum absolute atomic E-state index is 0. The number of aliphatic hydroxyl groups is 3. The molecule has 0 bridgehead atoms. The Kier molecular flexibility index (Phi) is 38.7. The molecule has 7 N–H and O–H groups in total. The Balaban J connectivity index is -0.000000258. The standard InChI is InChI=1S/3C13H20ClNO.C13H18ClNO.CH4.4ClH/c4*1-9(15-13(2,3)4)12(16)10-6-5-7-11(14)8-10;;;;;/h3*5-9,12,15-16H,1-4H3;5-9,15H,1-4H3;1H4;4*1H. The predicted octanol–water partition coefficient (Wildman–Crippen LogP) is 15.1. The number of aliphatic hydroxyl groups excluding tert-OH is 3. The second kappa shape index (κ2) is 34.9. The van der Waals surface area contributed by atoms with Gasteiger partial charge in [0.05, 0.1) is 24.4 Å². The van der Waals surface area contributed by atoms with Crippen LogP contribution in [0.25, 0.3) is 0 Å². The van der Waals surface area contributed by atoms with E-state index in [1.807, 2.05) is 84.9 Å². The summed E-state index contributed by atoms with van der Waals surface area (Å²) < 4.78 is 0. The summed E-state index contributed by atoms with van der Waals surface area (Å²) in [6.45, 7) is 32.6. The van der Waals surface area contributed by atoms with Gasteiger partial charge >= 0.3 is 0 Å². The molecule has 0 spiro atoms. The molecular weight excluding hydrogens is 1040 g/mol. The van der Waals surface area contributed by atoms with Crippen molar-refractivity contribution >= 4 is 102 Å². The predicted molar refractivity (Wildman–Crippen MR) is 310 cm³/mol. The van der Waals surface area contributed by atoms with Crippen LogP contribution in [-0.2, 0) is 0 Å². The third-order valence-electron chi connectivity index (χ3n) is 9.13. The number of halogens is 8. The Hall–Kier alpha value is -1.41. The van der Waals surface area contributed by atoms with E-state index in [9.17, 15) is 20.1 Å². The maximum atomic E-state index is 12.1. The van der Waals surface area contributed by atoms with E-state index in [0.717, 1.165) is 16.7 Å². The lowest BCUT2D eigenvalue weighted by Crippen LogP contribution is -2.46. The van der Waals surface area contributed by atoms with E-state index in [1.54, 1.807) is 60.7 Å². The first-order valence-electron chi connectivity index (χ1n) is 21.9. The molecule has 4 rings (SSSR count). The zero-order valence-corrected chi connectivity index (χ0v) is 49.0. The maximum Gasteiger partial charge on any atom is 0.179 e. The lowest BCUT2D eigenvalue weighted by atomic mass is 10.00. The molecule has 7 atom stereocenters. The Morgan fingerprint density at radius 3 is 0.870 bits per heavy atom. The molecule has 0 heterocycles. The third kappa shape index (κ3) is 33.9. The van der Waals surface area contributed by atoms with Gasteiger partial charge in [-0.2, -0.15) is 0 Å². The average Bonchev–Trinajstić information content (AvgIpc) is 3.14. The molecule has 7 unspecified atom stereocenters. The second-order valence-electron chi connectivity index (χ2n) is 20.5. The van der Waals surface area contributed by atoms with Crippen molar-refractivity contribution in [2.75, 3.05) is 0 Å². The van der Waals surface area contributed by atoms with Gasteiger partial charge in [0.25, 0.3) is 0 Å². The first-order chi connectivity index (χ1) is 29.2. The van der Waals surface area contributed by atoms with Crippen molar-refractivity contribution in [3.05, 3.63) is 139 Å². The summed E-state index contributed by atoms with van der Waals surface area (Å²) in [5, 5.41) is 46.3. The first-order valence-corrected chi connectivity index (χ1v) is 23.4. The summed E-state index contributed by atoms with van der Waals surface area (Å²) in [4.78, 5) is 12.1. The highest BCUT2D eigenvalue weighted by atomic mass is 35.5. The van der Waals surface area contributed by atoms with Crippen LogP contribution in [0.5, 0.6) is 0 Å². The van der Waals surface area contributed by atoms with Gasteiger partial charge in [0.1, 0.15) is 0 Å². The van der Waals surface area contributed by atoms with Gasteiger partial charge in [-0.15, -0.1) is 49.6 Å². The third-order valence-corrected chi connectivity index (χ3v) is 10.1. The highest BCUT2D eigenvalue weighted by Gasteiger charge is 2.24. The highest BCUT2D eigenvalue weighted by Crippen LogP contribution is 2.24. The van der Waals surface area contributed by atoms with Crippen molar-refractivity contribution in [1.82, 2.24) is 21.3 Å². The number of Topliss-reactive ketones (excluding diaryl/α,β-unsaturated/α-hetero) is 1. The van der Waals surface area contributed by atoms with E-state index < -0.39 is 18.3 Å². The number of hydrogen-bond donors (Lipinski definition) is 7. The van der Waals surface area contributed by atoms with Crippen molar-refractivity contribution < 1.29 is 20.1 Å². The topological polar surface area (TPSA) is 126 Å². The number of nitrogens with one attached hydrogen (secondary N) is 4. The van der Waals surface area contributed by atoms with Crippen LogP contribution in [0.3, 0.4) is 0 Å². The largest absolute Gasteiger partial charge is 0.387 e. The van der Waals surface area contributed by atoms with Crippen molar-refractivity contribution in [3.8, 4) is 0 Å². The minimum Gasteiger partial charge on any atom is -0.387 e. The van der Waals surface area contributed by atoms with Gasteiger partial charge in [0, 0.05) is 65.9 Å². The molecule has 398 valence electrons. The summed E-state index contributed by atoms with van der Waals surface area (Å²) in [6.07, 6.45) is -1.63. The highest BCUT2D eigenvalue weighted by molar-refractivity contribution is 6.31. The van der Waals surface area contributed by atoms with Gasteiger partial charge in [-0.1, -0.05) is 102 Å². The molecule has 0 amide bonds. The van der Waals surface area contributed by atoms with Crippen LogP contribution in [0.1, 0.15) is 164 Å². The zero-order valence-electron chi connectivity index (χ0n) is 42.7. The zero-order chi connectivity index (χ0) is 49.4. The molecule has 0 fully saturated rings. The molecule has 0 aliphatic rings. The van der Waals surface area contributed by atoms with E-state index in [2.05, 4.69) is 83.6 Å². The fraction of sp³-hybridized carbons (Fsp3) is 0.528. The number of carbonyl (C=O) groups is 1. The lowest BCUT2D eigenvalue weighted by Gasteiger charge is -2.29. The molecule has 0 aromatic heterocycles. The molecule has 4 aromatic carbocycles. The van der Waals surface area contributed by atoms with Gasteiger partial charge in [-0.3, -0.25) is 4.79 Å². The van der Waals surface area contributed by atoms with Gasteiger partial charge in [0.2, 0.25) is 0 Å². The maximum absolute atomic E-state index is 12.1. The molecule has 8 nitrogen and oxygen atoms in total. The molecule has 0 saturated heterocycles. The molecule has 0 saturated carbocycles. The number of hydrogen-bond acceptors (Lipinski definition) is 8. The second-order valence-corrected chi connectivity index (χ2v) is 22.3. The molecule has 0 radical (unpaired) electrons. The lowest BCUT2D eigenvalue weighted by molar-refractivity contribution is 0.0935. The summed E-state index contributed by atoms with van der Waals surface area (Å²) in [7, 11) is 0. The van der Waals surface area contributed by atoms with E-state index >= 15 is 0 Å². The summed E-state index contributed by atoms with van der Waals surface area (Å²) in [5.74, 6) is 0.0671. The fourth-order valence-electron chi connectivity index (χ4n) is 6.83. The van der Waals surface area contributed by atoms with Crippen molar-refractivity contribution in [3.63, 3.8) is 0 Å². The Bertz CT molecular complexity index is 1840. The number of benzene rings is 4. The quantitative estimate of drug-likeness (QED) is 0.0700. The van der Waals surface area contributed by atoms with Crippen LogP contribution in [0, 0.1) is 0 Å². The van der Waals surface area contributed by atoms with E-state index in [-0.39, 0.29) is 109 Å². The normalized spacial score (nSPS) is 14.2. The average molecular weight is 1130 g/mol. The monoisotopic (exact) mass is 1120 g/mol. The van der Waals surface area contributed by atoms with Gasteiger partial charge < -0.3 is 36.6 Å². The van der Waals surface area contributed by atoms with E-state index in [1.165, 1.54) is 0 Å². The molecular formula is C53H86Cl8N4O4. The van der Waals surface area contributed by atoms with Crippen molar-refractivity contribution in [2.24, 2.45) is 0 Å². The van der Waals surface area contributed by atoms with Crippen LogP contribution < -0.4 is 21.3 Å².